The molecule has 0 rings (SSSR count). The van der Waals surface area contributed by atoms with Crippen molar-refractivity contribution < 1.29 is 17.0 Å². The van der Waals surface area contributed by atoms with Crippen molar-refractivity contribution in [2.24, 2.45) is 0 Å². The molecule has 0 bridgehead atoms. The number of rotatable bonds is 5. The number of halogens is 1. The third-order valence-electron chi connectivity index (χ3n) is 2.13. The van der Waals surface area contributed by atoms with Gasteiger partial charge >= 0.3 is 71.5 Å². The predicted molar refractivity (Wildman–Crippen MR) is 55.3 cm³/mol. The summed E-state index contributed by atoms with van der Waals surface area (Å²) in [5, 5.41) is 4.47. The van der Waals surface area contributed by atoms with Crippen LogP contribution < -0.4 is 17.0 Å². The minimum Gasteiger partial charge on any atom is -1.00 e. The third-order valence-corrected chi connectivity index (χ3v) is 19.3. The molecule has 0 unspecified atom stereocenters. The Kier molecular flexibility index (Phi) is 10.8. The van der Waals surface area contributed by atoms with E-state index in [1.54, 1.807) is 0 Å². The summed E-state index contributed by atoms with van der Waals surface area (Å²) in [6.45, 7) is 9.43. The molecule has 0 heterocycles. The number of hydrogen-bond acceptors (Lipinski definition) is 1. The zero-order valence-corrected chi connectivity index (χ0v) is 12.3. The molecule has 0 aromatic rings. The smallest absolute Gasteiger partial charge is 1.00 e. The van der Waals surface area contributed by atoms with E-state index in [4.69, 9.17) is 0 Å². The van der Waals surface area contributed by atoms with E-state index >= 15 is 0 Å². The van der Waals surface area contributed by atoms with E-state index in [9.17, 15) is 0 Å². The van der Waals surface area contributed by atoms with Crippen molar-refractivity contribution in [2.75, 3.05) is 5.75 Å². The van der Waals surface area contributed by atoms with Crippen molar-refractivity contribution in [3.8, 4) is 0 Å². The van der Waals surface area contributed by atoms with Crippen LogP contribution in [0.25, 0.3) is 0 Å². The Labute approximate surface area is 88.1 Å². The Morgan fingerprint density at radius 3 is 1.36 bits per heavy atom. The Morgan fingerprint density at radius 2 is 1.27 bits per heavy atom. The van der Waals surface area contributed by atoms with Crippen molar-refractivity contribution in [3.05, 3.63) is 0 Å². The molecule has 11 heavy (non-hydrogen) atoms. The van der Waals surface area contributed by atoms with Gasteiger partial charge in [-0.15, -0.1) is 0 Å². The van der Waals surface area contributed by atoms with Gasteiger partial charge in [-0.25, -0.2) is 0 Å². The summed E-state index contributed by atoms with van der Waals surface area (Å²) in [6, 6.07) is 0. The van der Waals surface area contributed by atoms with Crippen LogP contribution in [0.3, 0.4) is 0 Å². The van der Waals surface area contributed by atoms with E-state index in [0.717, 1.165) is 0 Å². The quantitative estimate of drug-likeness (QED) is 0.676. The second-order valence-electron chi connectivity index (χ2n) is 2.42. The fraction of sp³-hybridized carbons (Fsp3) is 1.00. The molecule has 0 aliphatic rings. The zero-order valence-electron chi connectivity index (χ0n) is 8.06. The molecular formula is C8H20AsBrS. The molecule has 3 heteroatoms. The molecule has 0 aliphatic carbocycles. The van der Waals surface area contributed by atoms with E-state index in [1.807, 2.05) is 0 Å². The molecule has 0 saturated heterocycles. The Hall–Kier alpha value is 1.39. The standard InChI is InChI=1S/C8H20AsS.BrH/c1-5-9(6-2,7-3)10-8-4;/h5-8H2,1-4H3;1H/q+1;/p-1. The van der Waals surface area contributed by atoms with Gasteiger partial charge in [0.15, 0.2) is 0 Å². The summed E-state index contributed by atoms with van der Waals surface area (Å²) in [7, 11) is 2.30. The van der Waals surface area contributed by atoms with Crippen LogP contribution >= 0.6 is 10.0 Å². The first-order valence-electron chi connectivity index (χ1n) is 4.25. The molecule has 0 nitrogen and oxygen atoms in total. The predicted octanol–water partition coefficient (Wildman–Crippen LogP) is 0.749. The molecular weight excluding hydrogens is 283 g/mol. The van der Waals surface area contributed by atoms with Crippen molar-refractivity contribution in [3.63, 3.8) is 0 Å². The van der Waals surface area contributed by atoms with Gasteiger partial charge in [0.2, 0.25) is 0 Å². The average molecular weight is 303 g/mol. The molecule has 0 spiro atoms. The second kappa shape index (κ2) is 8.01. The molecule has 0 radical (unpaired) electrons. The van der Waals surface area contributed by atoms with Gasteiger partial charge < -0.3 is 17.0 Å². The first-order valence-corrected chi connectivity index (χ1v) is 11.5. The molecule has 0 aliphatic heterocycles. The maximum absolute atomic E-state index is 2.38. The van der Waals surface area contributed by atoms with Gasteiger partial charge in [-0.2, -0.15) is 0 Å². The van der Waals surface area contributed by atoms with Gasteiger partial charge in [-0.05, 0) is 0 Å². The molecule has 0 aromatic carbocycles. The second-order valence-corrected chi connectivity index (χ2v) is 17.3. The first kappa shape index (κ1) is 14.9. The van der Waals surface area contributed by atoms with Crippen LogP contribution in [0.1, 0.15) is 27.7 Å². The fourth-order valence-electron chi connectivity index (χ4n) is 1.22. The molecule has 0 atom stereocenters. The normalized spacial score (nSPS) is 10.9. The van der Waals surface area contributed by atoms with Crippen LogP contribution in [0.5, 0.6) is 0 Å². The van der Waals surface area contributed by atoms with Crippen molar-refractivity contribution in [2.45, 2.75) is 43.3 Å². The summed E-state index contributed by atoms with van der Waals surface area (Å²) in [4.78, 5) is 0. The SMILES string of the molecule is CCS[As+](CC)(CC)CC.[Br-]. The maximum Gasteiger partial charge on any atom is -1.00 e. The number of hydrogen-bond donors (Lipinski definition) is 0. The van der Waals surface area contributed by atoms with Gasteiger partial charge in [-0.1, -0.05) is 0 Å². The Morgan fingerprint density at radius 1 is 0.909 bits per heavy atom. The first-order chi connectivity index (χ1) is 4.74. The third kappa shape index (κ3) is 4.85. The fourth-order valence-corrected chi connectivity index (χ4v) is 12.0. The van der Waals surface area contributed by atoms with E-state index in [1.165, 1.54) is 21.4 Å². The summed E-state index contributed by atoms with van der Waals surface area (Å²) < 4.78 is 0. The molecule has 0 N–H and O–H groups in total. The topological polar surface area (TPSA) is 0 Å². The van der Waals surface area contributed by atoms with Gasteiger partial charge in [-0.3, -0.25) is 0 Å². The van der Waals surface area contributed by atoms with Crippen LogP contribution in [-0.4, -0.2) is 18.1 Å². The van der Waals surface area contributed by atoms with Gasteiger partial charge in [0.1, 0.15) is 0 Å². The summed E-state index contributed by atoms with van der Waals surface area (Å²) in [6.07, 6.45) is 0. The van der Waals surface area contributed by atoms with E-state index < -0.39 is 12.4 Å². The Bertz CT molecular complexity index is 75.9. The van der Waals surface area contributed by atoms with Crippen LogP contribution in [0, 0.1) is 0 Å². The minimum atomic E-state index is -1.13. The largest absolute Gasteiger partial charge is 1.00 e. The molecule has 70 valence electrons. The molecule has 0 amide bonds. The van der Waals surface area contributed by atoms with Gasteiger partial charge in [0, 0.05) is 0 Å². The van der Waals surface area contributed by atoms with Crippen LogP contribution in [0.15, 0.2) is 0 Å². The van der Waals surface area contributed by atoms with E-state index in [0.29, 0.717) is 0 Å². The van der Waals surface area contributed by atoms with E-state index in [-0.39, 0.29) is 17.0 Å². The summed E-state index contributed by atoms with van der Waals surface area (Å²) in [5.41, 5.74) is 0. The molecule has 0 aromatic heterocycles. The van der Waals surface area contributed by atoms with Crippen molar-refractivity contribution >= 4 is 22.4 Å². The van der Waals surface area contributed by atoms with Crippen molar-refractivity contribution in [1.82, 2.24) is 0 Å². The van der Waals surface area contributed by atoms with Crippen LogP contribution in [0.4, 0.5) is 0 Å². The van der Waals surface area contributed by atoms with Gasteiger partial charge in [0.05, 0.1) is 0 Å². The average Bonchev–Trinajstić information content (AvgIpc) is 2.01. The maximum atomic E-state index is 2.38. The zero-order chi connectivity index (χ0) is 8.04. The summed E-state index contributed by atoms with van der Waals surface area (Å²) >= 11 is -1.13. The Balaban J connectivity index is 0. The molecule has 0 saturated carbocycles. The summed E-state index contributed by atoms with van der Waals surface area (Å²) in [5.74, 6) is 1.34. The molecule has 0 fully saturated rings. The van der Waals surface area contributed by atoms with Crippen LogP contribution in [0.2, 0.25) is 15.6 Å². The van der Waals surface area contributed by atoms with Crippen molar-refractivity contribution in [1.29, 1.82) is 0 Å². The van der Waals surface area contributed by atoms with E-state index in [2.05, 4.69) is 37.7 Å². The van der Waals surface area contributed by atoms with Gasteiger partial charge in [0.25, 0.3) is 0 Å². The monoisotopic (exact) mass is 302 g/mol. The minimum absolute atomic E-state index is 0. The van der Waals surface area contributed by atoms with Crippen LogP contribution in [-0.2, 0) is 0 Å².